The second-order valence-corrected chi connectivity index (χ2v) is 5.68. The number of amides is 1. The van der Waals surface area contributed by atoms with Crippen LogP contribution in [0.5, 0.6) is 0 Å². The van der Waals surface area contributed by atoms with E-state index in [4.69, 9.17) is 0 Å². The number of nitrogens with zero attached hydrogens (tertiary/aromatic N) is 3. The molecule has 0 aliphatic carbocycles. The fourth-order valence-corrected chi connectivity index (χ4v) is 2.60. The average Bonchev–Trinajstić information content (AvgIpc) is 3.00. The van der Waals surface area contributed by atoms with Crippen LogP contribution in [0.25, 0.3) is 11.3 Å². The summed E-state index contributed by atoms with van der Waals surface area (Å²) < 4.78 is 1.80. The number of benzene rings is 1. The molecule has 3 rings (SSSR count). The summed E-state index contributed by atoms with van der Waals surface area (Å²) in [7, 11) is 1.90. The molecular weight excluding hydrogens is 300 g/mol. The SMILES string of the molecule is Cn1cc(CCC(=O)NCc2cccnc2)c(-c2ccccc2)n1. The van der Waals surface area contributed by atoms with Crippen LogP contribution in [0.4, 0.5) is 0 Å². The van der Waals surface area contributed by atoms with Crippen molar-refractivity contribution in [3.05, 3.63) is 72.2 Å². The molecule has 24 heavy (non-hydrogen) atoms. The maximum atomic E-state index is 12.1. The van der Waals surface area contributed by atoms with Gasteiger partial charge in [-0.05, 0) is 23.6 Å². The Balaban J connectivity index is 1.60. The molecule has 0 spiro atoms. The van der Waals surface area contributed by atoms with Crippen molar-refractivity contribution >= 4 is 5.91 Å². The summed E-state index contributed by atoms with van der Waals surface area (Å²) in [6.45, 7) is 0.505. The van der Waals surface area contributed by atoms with Gasteiger partial charge in [0.15, 0.2) is 0 Å². The van der Waals surface area contributed by atoms with Crippen molar-refractivity contribution in [2.24, 2.45) is 7.05 Å². The lowest BCUT2D eigenvalue weighted by Gasteiger charge is -2.05. The summed E-state index contributed by atoms with van der Waals surface area (Å²) in [5.41, 5.74) is 4.10. The van der Waals surface area contributed by atoms with E-state index in [1.54, 1.807) is 17.1 Å². The van der Waals surface area contributed by atoms with Crippen molar-refractivity contribution in [3.8, 4) is 11.3 Å². The van der Waals surface area contributed by atoms with Gasteiger partial charge in [-0.15, -0.1) is 0 Å². The molecule has 5 nitrogen and oxygen atoms in total. The van der Waals surface area contributed by atoms with Crippen LogP contribution >= 0.6 is 0 Å². The summed E-state index contributed by atoms with van der Waals surface area (Å²) in [5.74, 6) is 0.0294. The number of aryl methyl sites for hydroxylation is 2. The van der Waals surface area contributed by atoms with Crippen LogP contribution in [0.3, 0.4) is 0 Å². The monoisotopic (exact) mass is 320 g/mol. The molecule has 2 heterocycles. The third kappa shape index (κ3) is 4.07. The average molecular weight is 320 g/mol. The minimum Gasteiger partial charge on any atom is -0.352 e. The minimum atomic E-state index is 0.0294. The largest absolute Gasteiger partial charge is 0.352 e. The standard InChI is InChI=1S/C19H20N4O/c1-23-14-17(19(22-23)16-7-3-2-4-8-16)9-10-18(24)21-13-15-6-5-11-20-12-15/h2-8,11-12,14H,9-10,13H2,1H3,(H,21,24). The highest BCUT2D eigenvalue weighted by molar-refractivity contribution is 5.76. The third-order valence-electron chi connectivity index (χ3n) is 3.79. The summed E-state index contributed by atoms with van der Waals surface area (Å²) in [6.07, 6.45) is 6.56. The summed E-state index contributed by atoms with van der Waals surface area (Å²) >= 11 is 0. The molecule has 0 radical (unpaired) electrons. The van der Waals surface area contributed by atoms with Gasteiger partial charge in [0.1, 0.15) is 0 Å². The molecule has 5 heteroatoms. The number of carbonyl (C=O) groups is 1. The van der Waals surface area contributed by atoms with E-state index >= 15 is 0 Å². The first-order valence-electron chi connectivity index (χ1n) is 7.96. The van der Waals surface area contributed by atoms with Gasteiger partial charge in [-0.3, -0.25) is 14.5 Å². The molecular formula is C19H20N4O. The zero-order chi connectivity index (χ0) is 16.8. The van der Waals surface area contributed by atoms with Crippen molar-refractivity contribution in [2.75, 3.05) is 0 Å². The van der Waals surface area contributed by atoms with Crippen LogP contribution in [-0.4, -0.2) is 20.7 Å². The second kappa shape index (κ2) is 7.55. The maximum absolute atomic E-state index is 12.1. The smallest absolute Gasteiger partial charge is 0.220 e. The molecule has 1 N–H and O–H groups in total. The highest BCUT2D eigenvalue weighted by Gasteiger charge is 2.11. The van der Waals surface area contributed by atoms with Gasteiger partial charge in [0.05, 0.1) is 5.69 Å². The van der Waals surface area contributed by atoms with Crippen molar-refractivity contribution in [3.63, 3.8) is 0 Å². The Labute approximate surface area is 141 Å². The molecule has 0 atom stereocenters. The highest BCUT2D eigenvalue weighted by Crippen LogP contribution is 2.22. The van der Waals surface area contributed by atoms with Crippen LogP contribution in [0.15, 0.2) is 61.1 Å². The van der Waals surface area contributed by atoms with E-state index in [-0.39, 0.29) is 5.91 Å². The molecule has 0 saturated heterocycles. The maximum Gasteiger partial charge on any atom is 0.220 e. The fourth-order valence-electron chi connectivity index (χ4n) is 2.60. The molecule has 122 valence electrons. The Morgan fingerprint density at radius 3 is 2.75 bits per heavy atom. The number of aromatic nitrogens is 3. The number of nitrogens with one attached hydrogen (secondary N) is 1. The van der Waals surface area contributed by atoms with Crippen LogP contribution in [-0.2, 0) is 24.8 Å². The number of pyridine rings is 1. The van der Waals surface area contributed by atoms with Gasteiger partial charge >= 0.3 is 0 Å². The quantitative estimate of drug-likeness (QED) is 0.760. The highest BCUT2D eigenvalue weighted by atomic mass is 16.1. The fraction of sp³-hybridized carbons (Fsp3) is 0.211. The summed E-state index contributed by atoms with van der Waals surface area (Å²) in [6, 6.07) is 13.9. The van der Waals surface area contributed by atoms with Crippen LogP contribution < -0.4 is 5.32 Å². The van der Waals surface area contributed by atoms with Crippen LogP contribution in [0.1, 0.15) is 17.5 Å². The van der Waals surface area contributed by atoms with E-state index in [0.29, 0.717) is 19.4 Å². The predicted octanol–water partition coefficient (Wildman–Crippen LogP) is 2.73. The summed E-state index contributed by atoms with van der Waals surface area (Å²) in [4.78, 5) is 16.1. The molecule has 0 saturated carbocycles. The second-order valence-electron chi connectivity index (χ2n) is 5.68. The number of hydrogen-bond donors (Lipinski definition) is 1. The predicted molar refractivity (Wildman–Crippen MR) is 93.0 cm³/mol. The van der Waals surface area contributed by atoms with Gasteiger partial charge in [-0.25, -0.2) is 0 Å². The topological polar surface area (TPSA) is 59.8 Å². The molecule has 0 fully saturated rings. The van der Waals surface area contributed by atoms with E-state index in [1.165, 1.54) is 0 Å². The van der Waals surface area contributed by atoms with Crippen molar-refractivity contribution in [1.82, 2.24) is 20.1 Å². The molecule has 0 unspecified atom stereocenters. The summed E-state index contributed by atoms with van der Waals surface area (Å²) in [5, 5.41) is 7.46. The normalized spacial score (nSPS) is 10.5. The van der Waals surface area contributed by atoms with Gasteiger partial charge in [0.2, 0.25) is 5.91 Å². The number of carbonyl (C=O) groups excluding carboxylic acids is 1. The van der Waals surface area contributed by atoms with E-state index in [0.717, 1.165) is 22.4 Å². The zero-order valence-corrected chi connectivity index (χ0v) is 13.6. The molecule has 0 bridgehead atoms. The molecule has 1 aromatic carbocycles. The van der Waals surface area contributed by atoms with Crippen molar-refractivity contribution < 1.29 is 4.79 Å². The molecule has 3 aromatic rings. The molecule has 0 aliphatic heterocycles. The Hall–Kier alpha value is -2.95. The lowest BCUT2D eigenvalue weighted by atomic mass is 10.0. The molecule has 0 aliphatic rings. The van der Waals surface area contributed by atoms with Crippen LogP contribution in [0, 0.1) is 0 Å². The zero-order valence-electron chi connectivity index (χ0n) is 13.6. The first kappa shape index (κ1) is 15.9. The van der Waals surface area contributed by atoms with Gasteiger partial charge in [0, 0.05) is 44.2 Å². The van der Waals surface area contributed by atoms with Gasteiger partial charge in [-0.2, -0.15) is 5.10 Å². The third-order valence-corrected chi connectivity index (χ3v) is 3.79. The Kier molecular flexibility index (Phi) is 5.01. The van der Waals surface area contributed by atoms with Crippen LogP contribution in [0.2, 0.25) is 0 Å². The first-order chi connectivity index (χ1) is 11.7. The Bertz CT molecular complexity index is 797. The molecule has 2 aromatic heterocycles. The number of rotatable bonds is 6. The lowest BCUT2D eigenvalue weighted by molar-refractivity contribution is -0.121. The van der Waals surface area contributed by atoms with E-state index < -0.39 is 0 Å². The van der Waals surface area contributed by atoms with Gasteiger partial charge < -0.3 is 5.32 Å². The Morgan fingerprint density at radius 2 is 2.00 bits per heavy atom. The van der Waals surface area contributed by atoms with E-state index in [9.17, 15) is 4.79 Å². The molecule has 1 amide bonds. The Morgan fingerprint density at radius 1 is 1.17 bits per heavy atom. The number of hydrogen-bond acceptors (Lipinski definition) is 3. The van der Waals surface area contributed by atoms with Gasteiger partial charge in [0.25, 0.3) is 0 Å². The van der Waals surface area contributed by atoms with E-state index in [2.05, 4.69) is 15.4 Å². The van der Waals surface area contributed by atoms with Gasteiger partial charge in [-0.1, -0.05) is 36.4 Å². The minimum absolute atomic E-state index is 0.0294. The van der Waals surface area contributed by atoms with Crippen molar-refractivity contribution in [1.29, 1.82) is 0 Å². The first-order valence-corrected chi connectivity index (χ1v) is 7.96. The lowest BCUT2D eigenvalue weighted by Crippen LogP contribution is -2.23. The van der Waals surface area contributed by atoms with E-state index in [1.807, 2.05) is 55.7 Å². The van der Waals surface area contributed by atoms with Crippen molar-refractivity contribution in [2.45, 2.75) is 19.4 Å².